The maximum absolute atomic E-state index is 15.4. The van der Waals surface area contributed by atoms with Gasteiger partial charge in [0.05, 0.1) is 0 Å². The lowest BCUT2D eigenvalue weighted by atomic mass is 9.88. The summed E-state index contributed by atoms with van der Waals surface area (Å²) in [5, 5.41) is 0. The van der Waals surface area contributed by atoms with Gasteiger partial charge in [0.1, 0.15) is 11.5 Å². The number of hydrogen-bond acceptors (Lipinski definition) is 3. The van der Waals surface area contributed by atoms with Gasteiger partial charge in [-0.05, 0) is 113 Å². The van der Waals surface area contributed by atoms with Gasteiger partial charge in [0.25, 0.3) is 0 Å². The number of Topliss-reactive ketones (excluding diaryl/α,β-unsaturated/α-hetero) is 2. The average molecular weight is 1090 g/mol. The Kier molecular flexibility index (Phi) is 14.0. The van der Waals surface area contributed by atoms with E-state index >= 15 is 9.59 Å². The molecule has 2 aliphatic rings. The summed E-state index contributed by atoms with van der Waals surface area (Å²) in [6, 6.07) is 111. The Bertz CT molecular complexity index is 4540. The zero-order valence-corrected chi connectivity index (χ0v) is 46.4. The second-order valence-electron chi connectivity index (χ2n) is 21.3. The van der Waals surface area contributed by atoms with Crippen LogP contribution in [-0.2, 0) is 9.59 Å². The Hall–Kier alpha value is -11.3. The van der Waals surface area contributed by atoms with Crippen LogP contribution in [-0.4, -0.2) is 11.6 Å². The van der Waals surface area contributed by atoms with Crippen LogP contribution in [0.1, 0.15) is 44.5 Å². The highest BCUT2D eigenvalue weighted by molar-refractivity contribution is 6.60. The number of ketones is 2. The van der Waals surface area contributed by atoms with Gasteiger partial charge in [-0.1, -0.05) is 303 Å². The molecule has 0 aliphatic heterocycles. The summed E-state index contributed by atoms with van der Waals surface area (Å²) in [5.74, 6) is 1.22. The Balaban J connectivity index is 0.844. The molecule has 2 aliphatic carbocycles. The SMILES string of the molecule is O=C1C(c2ccc(-c3ccccc3)cc2)=C(c2ccc(Oc3ccc(C4=C(c5ccccc5)C(=O)C(c5ccc(-c6ccccc6)cc5)=C4c4ccc(-c5ccccc5)cc4)cc3)cc2)C(c2ccc(-c3ccccc3)cc2)=C1c1ccccc1. The van der Waals surface area contributed by atoms with Crippen molar-refractivity contribution in [3.05, 3.63) is 372 Å². The molecule has 0 saturated heterocycles. The van der Waals surface area contributed by atoms with E-state index in [-0.39, 0.29) is 11.6 Å². The molecule has 0 fully saturated rings. The van der Waals surface area contributed by atoms with Crippen molar-refractivity contribution in [2.75, 3.05) is 0 Å². The van der Waals surface area contributed by atoms with Crippen LogP contribution in [0.5, 0.6) is 11.5 Å². The number of allylic oxidation sites excluding steroid dienone is 8. The second-order valence-corrected chi connectivity index (χ2v) is 21.3. The fraction of sp³-hybridized carbons (Fsp3) is 0. The first kappa shape index (κ1) is 51.9. The molecule has 0 bridgehead atoms. The van der Waals surface area contributed by atoms with Crippen molar-refractivity contribution in [3.63, 3.8) is 0 Å². The van der Waals surface area contributed by atoms with E-state index in [1.54, 1.807) is 0 Å². The number of carbonyl (C=O) groups excluding carboxylic acids is 2. The molecule has 0 aromatic heterocycles. The van der Waals surface area contributed by atoms with Crippen LogP contribution in [0.15, 0.2) is 328 Å². The number of rotatable bonds is 14. The monoisotopic (exact) mass is 1090 g/mol. The number of ether oxygens (including phenoxy) is 1. The normalized spacial score (nSPS) is 13.3. The molecule has 0 N–H and O–H groups in total. The first-order valence-corrected chi connectivity index (χ1v) is 28.7. The first-order chi connectivity index (χ1) is 42.0. The molecular formula is C82H54O3. The predicted octanol–water partition coefficient (Wildman–Crippen LogP) is 20.4. The van der Waals surface area contributed by atoms with Gasteiger partial charge in [0.15, 0.2) is 11.6 Å². The van der Waals surface area contributed by atoms with Crippen molar-refractivity contribution in [1.82, 2.24) is 0 Å². The highest BCUT2D eigenvalue weighted by atomic mass is 16.5. The third-order valence-electron chi connectivity index (χ3n) is 16.2. The van der Waals surface area contributed by atoms with Crippen molar-refractivity contribution in [2.45, 2.75) is 0 Å². The standard InChI is InChI=1S/C82H54O3/c83-81-77(63-27-15-5-16-28-63)73(65-39-31-59(32-40-65)55-19-7-1-8-20-55)76(80(81)70-45-37-62(38-46-70)58-25-13-4-14-26-58)68-49-53-72(54-50-68)85-71-51-47-67(48-52-71)75-74(66-41-33-60(34-42-66)56-21-9-2-10-22-56)79(82(84)78(75)64-29-17-6-18-30-64)69-43-35-61(36-44-69)57-23-11-3-12-24-57/h1-54H. The Morgan fingerprint density at radius 2 is 0.282 bits per heavy atom. The molecule has 0 heterocycles. The van der Waals surface area contributed by atoms with E-state index < -0.39 is 0 Å². The number of carbonyl (C=O) groups is 2. The van der Waals surface area contributed by atoms with E-state index in [4.69, 9.17) is 4.74 Å². The molecule has 0 spiro atoms. The summed E-state index contributed by atoms with van der Waals surface area (Å²) in [7, 11) is 0. The van der Waals surface area contributed by atoms with Crippen molar-refractivity contribution in [2.24, 2.45) is 0 Å². The Labute approximate surface area is 495 Å². The first-order valence-electron chi connectivity index (χ1n) is 28.7. The van der Waals surface area contributed by atoms with E-state index in [0.717, 1.165) is 111 Å². The molecule has 12 aromatic carbocycles. The number of benzene rings is 12. The lowest BCUT2D eigenvalue weighted by Gasteiger charge is -2.16. The third kappa shape index (κ3) is 10.2. The maximum Gasteiger partial charge on any atom is 0.195 e. The molecule has 12 aromatic rings. The van der Waals surface area contributed by atoms with Crippen LogP contribution in [0.2, 0.25) is 0 Å². The van der Waals surface area contributed by atoms with Gasteiger partial charge in [0, 0.05) is 44.6 Å². The molecule has 85 heavy (non-hydrogen) atoms. The van der Waals surface area contributed by atoms with Crippen LogP contribution in [0.4, 0.5) is 0 Å². The Morgan fingerprint density at radius 3 is 0.494 bits per heavy atom. The highest BCUT2D eigenvalue weighted by Gasteiger charge is 2.37. The second kappa shape index (κ2) is 22.9. The molecule has 0 saturated carbocycles. The molecule has 3 nitrogen and oxygen atoms in total. The molecule has 400 valence electrons. The molecule has 0 amide bonds. The van der Waals surface area contributed by atoms with Crippen LogP contribution in [0, 0.1) is 0 Å². The van der Waals surface area contributed by atoms with Gasteiger partial charge < -0.3 is 4.74 Å². The lowest BCUT2D eigenvalue weighted by molar-refractivity contribution is -0.109. The predicted molar refractivity (Wildman–Crippen MR) is 351 cm³/mol. The van der Waals surface area contributed by atoms with Crippen molar-refractivity contribution >= 4 is 56.2 Å². The van der Waals surface area contributed by atoms with E-state index in [0.29, 0.717) is 33.8 Å². The van der Waals surface area contributed by atoms with E-state index in [1.165, 1.54) is 0 Å². The quantitative estimate of drug-likeness (QED) is 0.109. The Morgan fingerprint density at radius 1 is 0.141 bits per heavy atom. The van der Waals surface area contributed by atoms with Gasteiger partial charge in [-0.2, -0.15) is 0 Å². The van der Waals surface area contributed by atoms with Crippen LogP contribution < -0.4 is 4.74 Å². The topological polar surface area (TPSA) is 43.4 Å². The van der Waals surface area contributed by atoms with Crippen molar-refractivity contribution < 1.29 is 14.3 Å². The summed E-state index contributed by atoms with van der Waals surface area (Å²) in [4.78, 5) is 30.8. The van der Waals surface area contributed by atoms with Crippen molar-refractivity contribution in [3.8, 4) is 56.0 Å². The van der Waals surface area contributed by atoms with E-state index in [9.17, 15) is 0 Å². The lowest BCUT2D eigenvalue weighted by Crippen LogP contribution is -2.02. The molecule has 0 atom stereocenters. The fourth-order valence-corrected chi connectivity index (χ4v) is 12.0. The average Bonchev–Trinajstić information content (AvgIpc) is 3.16. The summed E-state index contributed by atoms with van der Waals surface area (Å²) in [6.45, 7) is 0. The zero-order chi connectivity index (χ0) is 57.1. The molecule has 3 heteroatoms. The maximum atomic E-state index is 15.4. The third-order valence-corrected chi connectivity index (χ3v) is 16.2. The van der Waals surface area contributed by atoms with Crippen molar-refractivity contribution in [1.29, 1.82) is 0 Å². The minimum atomic E-state index is -0.0271. The van der Waals surface area contributed by atoms with Gasteiger partial charge in [0.2, 0.25) is 0 Å². The van der Waals surface area contributed by atoms with Gasteiger partial charge in [-0.15, -0.1) is 0 Å². The van der Waals surface area contributed by atoms with Gasteiger partial charge >= 0.3 is 0 Å². The fourth-order valence-electron chi connectivity index (χ4n) is 12.0. The van der Waals surface area contributed by atoms with Crippen LogP contribution in [0.25, 0.3) is 89.1 Å². The summed E-state index contributed by atoms with van der Waals surface area (Å²) in [6.07, 6.45) is 0. The van der Waals surface area contributed by atoms with Crippen LogP contribution >= 0.6 is 0 Å². The van der Waals surface area contributed by atoms with E-state index in [1.807, 2.05) is 133 Å². The molecule has 14 rings (SSSR count). The minimum absolute atomic E-state index is 0.0269. The minimum Gasteiger partial charge on any atom is -0.457 e. The van der Waals surface area contributed by atoms with Crippen LogP contribution in [0.3, 0.4) is 0 Å². The molecule has 0 radical (unpaired) electrons. The summed E-state index contributed by atoms with van der Waals surface area (Å²) < 4.78 is 6.71. The van der Waals surface area contributed by atoms with Gasteiger partial charge in [-0.25, -0.2) is 0 Å². The molecular weight excluding hydrogens is 1030 g/mol. The summed E-state index contributed by atoms with van der Waals surface area (Å²) in [5.41, 5.74) is 22.0. The number of hydrogen-bond donors (Lipinski definition) is 0. The largest absolute Gasteiger partial charge is 0.457 e. The zero-order valence-electron chi connectivity index (χ0n) is 46.4. The summed E-state index contributed by atoms with van der Waals surface area (Å²) >= 11 is 0. The molecule has 0 unspecified atom stereocenters. The van der Waals surface area contributed by atoms with E-state index in [2.05, 4.69) is 194 Å². The smallest absolute Gasteiger partial charge is 0.195 e. The highest BCUT2D eigenvalue weighted by Crippen LogP contribution is 2.52. The van der Waals surface area contributed by atoms with Gasteiger partial charge in [-0.3, -0.25) is 9.59 Å².